The molecule has 1 aromatic heterocycles. The molecule has 2 N–H and O–H groups in total. The molecule has 0 radical (unpaired) electrons. The van der Waals surface area contributed by atoms with Crippen LogP contribution >= 0.6 is 0 Å². The lowest BCUT2D eigenvalue weighted by molar-refractivity contribution is 0.361. The third-order valence-corrected chi connectivity index (χ3v) is 4.07. The SMILES string of the molecule is CCCc1c(N)ncnc1N(C)CC1CCCCC1. The summed E-state index contributed by atoms with van der Waals surface area (Å²) in [5.74, 6) is 2.48. The molecular weight excluding hydrogens is 236 g/mol. The summed E-state index contributed by atoms with van der Waals surface area (Å²) in [4.78, 5) is 10.9. The molecule has 4 nitrogen and oxygen atoms in total. The molecule has 2 rings (SSSR count). The van der Waals surface area contributed by atoms with Crippen LogP contribution in [0.5, 0.6) is 0 Å². The monoisotopic (exact) mass is 262 g/mol. The zero-order chi connectivity index (χ0) is 13.7. The largest absolute Gasteiger partial charge is 0.383 e. The summed E-state index contributed by atoms with van der Waals surface area (Å²) in [6.07, 6.45) is 10.5. The summed E-state index contributed by atoms with van der Waals surface area (Å²) in [5, 5.41) is 0. The maximum absolute atomic E-state index is 6.00. The molecule has 1 aliphatic carbocycles. The first-order valence-corrected chi connectivity index (χ1v) is 7.52. The molecule has 0 atom stereocenters. The fourth-order valence-electron chi connectivity index (χ4n) is 3.08. The Labute approximate surface area is 116 Å². The number of anilines is 2. The molecule has 4 heteroatoms. The Morgan fingerprint density at radius 3 is 2.68 bits per heavy atom. The van der Waals surface area contributed by atoms with E-state index in [1.165, 1.54) is 32.1 Å². The van der Waals surface area contributed by atoms with Gasteiger partial charge in [0.15, 0.2) is 0 Å². The predicted molar refractivity (Wildman–Crippen MR) is 80.3 cm³/mol. The minimum Gasteiger partial charge on any atom is -0.383 e. The van der Waals surface area contributed by atoms with E-state index < -0.39 is 0 Å². The smallest absolute Gasteiger partial charge is 0.137 e. The van der Waals surface area contributed by atoms with Gasteiger partial charge >= 0.3 is 0 Å². The molecule has 106 valence electrons. The molecule has 1 aromatic rings. The Morgan fingerprint density at radius 2 is 2.00 bits per heavy atom. The summed E-state index contributed by atoms with van der Waals surface area (Å²) in [6.45, 7) is 3.25. The molecule has 0 saturated heterocycles. The fourth-order valence-corrected chi connectivity index (χ4v) is 3.08. The van der Waals surface area contributed by atoms with Crippen LogP contribution in [-0.2, 0) is 6.42 Å². The second kappa shape index (κ2) is 6.73. The van der Waals surface area contributed by atoms with E-state index in [1.54, 1.807) is 6.33 Å². The fraction of sp³-hybridized carbons (Fsp3) is 0.733. The molecule has 0 aromatic carbocycles. The molecule has 0 amide bonds. The molecule has 19 heavy (non-hydrogen) atoms. The third-order valence-electron chi connectivity index (χ3n) is 4.07. The first-order chi connectivity index (χ1) is 9.22. The molecule has 0 aliphatic heterocycles. The number of hydrogen-bond donors (Lipinski definition) is 1. The summed E-state index contributed by atoms with van der Waals surface area (Å²) in [7, 11) is 2.13. The van der Waals surface area contributed by atoms with Gasteiger partial charge in [-0.3, -0.25) is 0 Å². The van der Waals surface area contributed by atoms with Crippen LogP contribution in [0.25, 0.3) is 0 Å². The van der Waals surface area contributed by atoms with Crippen molar-refractivity contribution in [2.45, 2.75) is 51.9 Å². The molecule has 0 unspecified atom stereocenters. The van der Waals surface area contributed by atoms with Crippen LogP contribution in [0.15, 0.2) is 6.33 Å². The van der Waals surface area contributed by atoms with Gasteiger partial charge in [-0.05, 0) is 25.2 Å². The van der Waals surface area contributed by atoms with Crippen molar-refractivity contribution in [2.75, 3.05) is 24.2 Å². The van der Waals surface area contributed by atoms with Gasteiger partial charge in [-0.1, -0.05) is 32.6 Å². The Balaban J connectivity index is 2.08. The zero-order valence-corrected chi connectivity index (χ0v) is 12.2. The highest BCUT2D eigenvalue weighted by Gasteiger charge is 2.18. The van der Waals surface area contributed by atoms with E-state index >= 15 is 0 Å². The van der Waals surface area contributed by atoms with Crippen LogP contribution in [0.4, 0.5) is 11.6 Å². The van der Waals surface area contributed by atoms with E-state index in [0.717, 1.165) is 36.7 Å². The molecule has 1 fully saturated rings. The van der Waals surface area contributed by atoms with Crippen LogP contribution in [0.2, 0.25) is 0 Å². The highest BCUT2D eigenvalue weighted by molar-refractivity contribution is 5.56. The van der Waals surface area contributed by atoms with Gasteiger partial charge in [0.25, 0.3) is 0 Å². The number of nitrogen functional groups attached to an aromatic ring is 1. The maximum atomic E-state index is 6.00. The van der Waals surface area contributed by atoms with Crippen LogP contribution < -0.4 is 10.6 Å². The third kappa shape index (κ3) is 3.58. The molecule has 0 bridgehead atoms. The number of hydrogen-bond acceptors (Lipinski definition) is 4. The van der Waals surface area contributed by atoms with Crippen molar-refractivity contribution in [3.8, 4) is 0 Å². The van der Waals surface area contributed by atoms with E-state index in [1.807, 2.05) is 0 Å². The highest BCUT2D eigenvalue weighted by atomic mass is 15.2. The van der Waals surface area contributed by atoms with E-state index in [0.29, 0.717) is 5.82 Å². The average molecular weight is 262 g/mol. The van der Waals surface area contributed by atoms with Crippen molar-refractivity contribution >= 4 is 11.6 Å². The Hall–Kier alpha value is -1.32. The number of rotatable bonds is 5. The van der Waals surface area contributed by atoms with Gasteiger partial charge in [0, 0.05) is 19.2 Å². The van der Waals surface area contributed by atoms with Gasteiger partial charge in [-0.25, -0.2) is 9.97 Å². The maximum Gasteiger partial charge on any atom is 0.137 e. The minimum atomic E-state index is 0.641. The molecule has 0 spiro atoms. The van der Waals surface area contributed by atoms with Crippen molar-refractivity contribution in [1.29, 1.82) is 0 Å². The molecule has 1 saturated carbocycles. The Kier molecular flexibility index (Phi) is 5.00. The van der Waals surface area contributed by atoms with E-state index in [2.05, 4.69) is 28.8 Å². The molecular formula is C15H26N4. The Morgan fingerprint density at radius 1 is 1.26 bits per heavy atom. The molecule has 1 aliphatic rings. The van der Waals surface area contributed by atoms with Crippen molar-refractivity contribution in [1.82, 2.24) is 9.97 Å². The average Bonchev–Trinajstić information content (AvgIpc) is 2.42. The highest BCUT2D eigenvalue weighted by Crippen LogP contribution is 2.27. The van der Waals surface area contributed by atoms with Crippen LogP contribution in [0.3, 0.4) is 0 Å². The van der Waals surface area contributed by atoms with Gasteiger partial charge in [0.2, 0.25) is 0 Å². The van der Waals surface area contributed by atoms with Crippen molar-refractivity contribution in [3.05, 3.63) is 11.9 Å². The van der Waals surface area contributed by atoms with E-state index in [9.17, 15) is 0 Å². The lowest BCUT2D eigenvalue weighted by Gasteiger charge is -2.29. The number of aromatic nitrogens is 2. The topological polar surface area (TPSA) is 55.0 Å². The molecule has 1 heterocycles. The van der Waals surface area contributed by atoms with Gasteiger partial charge in [0.05, 0.1) is 0 Å². The van der Waals surface area contributed by atoms with Gasteiger partial charge in [-0.2, -0.15) is 0 Å². The normalized spacial score (nSPS) is 16.5. The second-order valence-electron chi connectivity index (χ2n) is 5.70. The van der Waals surface area contributed by atoms with E-state index in [4.69, 9.17) is 5.73 Å². The first kappa shape index (κ1) is 14.1. The summed E-state index contributed by atoms with van der Waals surface area (Å²) in [6, 6.07) is 0. The number of nitrogens with two attached hydrogens (primary N) is 1. The lowest BCUT2D eigenvalue weighted by atomic mass is 9.89. The van der Waals surface area contributed by atoms with Crippen LogP contribution in [-0.4, -0.2) is 23.6 Å². The summed E-state index contributed by atoms with van der Waals surface area (Å²) >= 11 is 0. The predicted octanol–water partition coefficient (Wildman–Crippen LogP) is 3.03. The minimum absolute atomic E-state index is 0.641. The van der Waals surface area contributed by atoms with E-state index in [-0.39, 0.29) is 0 Å². The zero-order valence-electron chi connectivity index (χ0n) is 12.2. The van der Waals surface area contributed by atoms with Crippen molar-refractivity contribution in [2.24, 2.45) is 5.92 Å². The van der Waals surface area contributed by atoms with Gasteiger partial charge < -0.3 is 10.6 Å². The lowest BCUT2D eigenvalue weighted by Crippen LogP contribution is -2.28. The standard InChI is InChI=1S/C15H26N4/c1-3-7-13-14(16)17-11-18-15(13)19(2)10-12-8-5-4-6-9-12/h11-12H,3-10H2,1-2H3,(H2,16,17,18). The quantitative estimate of drug-likeness (QED) is 0.886. The first-order valence-electron chi connectivity index (χ1n) is 7.52. The summed E-state index contributed by atoms with van der Waals surface area (Å²) in [5.41, 5.74) is 7.11. The van der Waals surface area contributed by atoms with Crippen molar-refractivity contribution < 1.29 is 0 Å². The van der Waals surface area contributed by atoms with Gasteiger partial charge in [-0.15, -0.1) is 0 Å². The van der Waals surface area contributed by atoms with Crippen LogP contribution in [0, 0.1) is 5.92 Å². The number of nitrogens with zero attached hydrogens (tertiary/aromatic N) is 3. The second-order valence-corrected chi connectivity index (χ2v) is 5.70. The van der Waals surface area contributed by atoms with Crippen molar-refractivity contribution in [3.63, 3.8) is 0 Å². The Bertz CT molecular complexity index is 399. The summed E-state index contributed by atoms with van der Waals surface area (Å²) < 4.78 is 0. The van der Waals surface area contributed by atoms with Gasteiger partial charge in [0.1, 0.15) is 18.0 Å². The van der Waals surface area contributed by atoms with Crippen LogP contribution in [0.1, 0.15) is 51.0 Å².